The van der Waals surface area contributed by atoms with Gasteiger partial charge in [-0.1, -0.05) is 29.8 Å². The summed E-state index contributed by atoms with van der Waals surface area (Å²) >= 11 is 5.93. The molecule has 7 heteroatoms. The Morgan fingerprint density at radius 2 is 1.87 bits per heavy atom. The molecule has 0 saturated carbocycles. The molecule has 0 radical (unpaired) electrons. The number of rotatable bonds is 5. The average molecular weight is 434 g/mol. The fourth-order valence-corrected chi connectivity index (χ4v) is 3.77. The van der Waals surface area contributed by atoms with Gasteiger partial charge in [0.15, 0.2) is 5.78 Å². The fourth-order valence-electron chi connectivity index (χ4n) is 3.64. The summed E-state index contributed by atoms with van der Waals surface area (Å²) in [6.07, 6.45) is 3.62. The first-order valence-corrected chi connectivity index (χ1v) is 10.2. The van der Waals surface area contributed by atoms with E-state index in [0.29, 0.717) is 28.4 Å². The van der Waals surface area contributed by atoms with Crippen LogP contribution in [0.1, 0.15) is 31.8 Å². The van der Waals surface area contributed by atoms with Gasteiger partial charge in [-0.15, -0.1) is 0 Å². The highest BCUT2D eigenvalue weighted by Crippen LogP contribution is 2.32. The van der Waals surface area contributed by atoms with Crippen molar-refractivity contribution in [3.8, 4) is 0 Å². The molecule has 1 aromatic heterocycles. The normalized spacial score (nSPS) is 15.5. The Morgan fingerprint density at radius 1 is 1.10 bits per heavy atom. The summed E-state index contributed by atoms with van der Waals surface area (Å²) in [4.78, 5) is 44.2. The van der Waals surface area contributed by atoms with E-state index in [0.717, 1.165) is 11.1 Å². The molecule has 31 heavy (non-hydrogen) atoms. The van der Waals surface area contributed by atoms with Gasteiger partial charge in [0.1, 0.15) is 5.92 Å². The van der Waals surface area contributed by atoms with E-state index in [4.69, 9.17) is 11.6 Å². The van der Waals surface area contributed by atoms with E-state index in [-0.39, 0.29) is 24.0 Å². The van der Waals surface area contributed by atoms with Crippen molar-refractivity contribution in [2.75, 3.05) is 11.9 Å². The zero-order valence-electron chi connectivity index (χ0n) is 16.8. The number of aromatic nitrogens is 1. The van der Waals surface area contributed by atoms with Gasteiger partial charge in [0.2, 0.25) is 5.91 Å². The Hall–Kier alpha value is -3.51. The molecule has 0 bridgehead atoms. The number of amides is 2. The Labute approximate surface area is 184 Å². The molecule has 1 atom stereocenters. The van der Waals surface area contributed by atoms with Gasteiger partial charge < -0.3 is 10.2 Å². The summed E-state index contributed by atoms with van der Waals surface area (Å²) in [6.45, 7) is 0.329. The van der Waals surface area contributed by atoms with Crippen LogP contribution in [0.3, 0.4) is 0 Å². The smallest absolute Gasteiger partial charge is 0.251 e. The number of ketones is 1. The molecule has 3 aromatic rings. The molecule has 0 aliphatic carbocycles. The summed E-state index contributed by atoms with van der Waals surface area (Å²) in [6, 6.07) is 15.6. The lowest BCUT2D eigenvalue weighted by Gasteiger charge is -2.30. The van der Waals surface area contributed by atoms with Crippen LogP contribution < -0.4 is 10.2 Å². The van der Waals surface area contributed by atoms with Gasteiger partial charge in [0, 0.05) is 42.1 Å². The first kappa shape index (κ1) is 20.8. The van der Waals surface area contributed by atoms with Gasteiger partial charge >= 0.3 is 0 Å². The molecule has 1 aliphatic heterocycles. The number of nitrogens with zero attached hydrogens (tertiary/aromatic N) is 2. The van der Waals surface area contributed by atoms with Crippen LogP contribution in [0.2, 0.25) is 5.02 Å². The SMILES string of the molecule is CN1C(=O)C(Cc2ccc(Cl)cc2)C(=O)c2cc(C(=O)NCc3cccnc3)ccc21. The number of hydrogen-bond donors (Lipinski definition) is 1. The monoisotopic (exact) mass is 433 g/mol. The molecule has 1 aliphatic rings. The Balaban J connectivity index is 1.56. The van der Waals surface area contributed by atoms with E-state index < -0.39 is 5.92 Å². The number of Topliss-reactive ketones (excluding diaryl/α,β-unsaturated/α-hetero) is 1. The molecule has 6 nitrogen and oxygen atoms in total. The fraction of sp³-hybridized carbons (Fsp3) is 0.167. The van der Waals surface area contributed by atoms with Crippen molar-refractivity contribution in [2.45, 2.75) is 13.0 Å². The lowest BCUT2D eigenvalue weighted by molar-refractivity contribution is -0.120. The summed E-state index contributed by atoms with van der Waals surface area (Å²) < 4.78 is 0. The van der Waals surface area contributed by atoms with E-state index in [9.17, 15) is 14.4 Å². The quantitative estimate of drug-likeness (QED) is 0.622. The molecular weight excluding hydrogens is 414 g/mol. The Kier molecular flexibility index (Phi) is 5.82. The number of carbonyl (C=O) groups excluding carboxylic acids is 3. The van der Waals surface area contributed by atoms with Crippen LogP contribution in [0, 0.1) is 5.92 Å². The molecule has 2 aromatic carbocycles. The van der Waals surface area contributed by atoms with Gasteiger partial charge in [-0.05, 0) is 53.9 Å². The van der Waals surface area contributed by atoms with Gasteiger partial charge in [-0.25, -0.2) is 0 Å². The highest BCUT2D eigenvalue weighted by Gasteiger charge is 2.38. The van der Waals surface area contributed by atoms with E-state index in [1.165, 1.54) is 4.90 Å². The second-order valence-electron chi connectivity index (χ2n) is 7.42. The van der Waals surface area contributed by atoms with Crippen LogP contribution >= 0.6 is 11.6 Å². The first-order valence-electron chi connectivity index (χ1n) is 9.81. The zero-order valence-corrected chi connectivity index (χ0v) is 17.6. The lowest BCUT2D eigenvalue weighted by Crippen LogP contribution is -2.43. The number of pyridine rings is 1. The van der Waals surface area contributed by atoms with Crippen molar-refractivity contribution in [1.82, 2.24) is 10.3 Å². The highest BCUT2D eigenvalue weighted by molar-refractivity contribution is 6.30. The van der Waals surface area contributed by atoms with Crippen LogP contribution in [0.4, 0.5) is 5.69 Å². The molecule has 1 N–H and O–H groups in total. The second-order valence-corrected chi connectivity index (χ2v) is 7.86. The standard InChI is InChI=1S/C24H20ClN3O3/c1-28-21-9-6-17(23(30)27-14-16-3-2-10-26-13-16)12-19(21)22(29)20(24(28)31)11-15-4-7-18(25)8-5-15/h2-10,12-13,20H,11,14H2,1H3,(H,27,30). The maximum Gasteiger partial charge on any atom is 0.251 e. The van der Waals surface area contributed by atoms with Crippen molar-refractivity contribution in [2.24, 2.45) is 5.92 Å². The topological polar surface area (TPSA) is 79.4 Å². The predicted octanol–water partition coefficient (Wildman–Crippen LogP) is 3.68. The van der Waals surface area contributed by atoms with Crippen LogP contribution in [0.5, 0.6) is 0 Å². The first-order chi connectivity index (χ1) is 14.9. The number of anilines is 1. The molecule has 156 valence electrons. The molecule has 2 amide bonds. The number of benzene rings is 2. The van der Waals surface area contributed by atoms with Crippen LogP contribution in [0.15, 0.2) is 67.0 Å². The maximum atomic E-state index is 13.2. The lowest BCUT2D eigenvalue weighted by atomic mass is 9.85. The van der Waals surface area contributed by atoms with E-state index in [2.05, 4.69) is 10.3 Å². The van der Waals surface area contributed by atoms with E-state index in [1.54, 1.807) is 68.0 Å². The van der Waals surface area contributed by atoms with Gasteiger partial charge in [0.25, 0.3) is 5.91 Å². The number of hydrogen-bond acceptors (Lipinski definition) is 4. The average Bonchev–Trinajstić information content (AvgIpc) is 2.80. The third-order valence-electron chi connectivity index (χ3n) is 5.36. The second kappa shape index (κ2) is 8.70. The Bertz CT molecular complexity index is 1150. The van der Waals surface area contributed by atoms with E-state index in [1.807, 2.05) is 6.07 Å². The van der Waals surface area contributed by atoms with Crippen molar-refractivity contribution >= 4 is 34.9 Å². The van der Waals surface area contributed by atoms with Gasteiger partial charge in [-0.2, -0.15) is 0 Å². The minimum atomic E-state index is -0.840. The van der Waals surface area contributed by atoms with Gasteiger partial charge in [0.05, 0.1) is 5.69 Å². The molecule has 2 heterocycles. The number of carbonyl (C=O) groups is 3. The van der Waals surface area contributed by atoms with Crippen LogP contribution in [-0.2, 0) is 17.8 Å². The number of nitrogens with one attached hydrogen (secondary N) is 1. The predicted molar refractivity (Wildman–Crippen MR) is 118 cm³/mol. The van der Waals surface area contributed by atoms with Crippen molar-refractivity contribution in [3.05, 3.63) is 94.3 Å². The summed E-state index contributed by atoms with van der Waals surface area (Å²) in [7, 11) is 1.64. The zero-order chi connectivity index (χ0) is 22.0. The molecule has 0 saturated heterocycles. The van der Waals surface area contributed by atoms with Crippen LogP contribution in [-0.4, -0.2) is 29.6 Å². The largest absolute Gasteiger partial charge is 0.348 e. The summed E-state index contributed by atoms with van der Waals surface area (Å²) in [5.41, 5.74) is 2.96. The maximum absolute atomic E-state index is 13.2. The molecule has 1 unspecified atom stereocenters. The number of fused-ring (bicyclic) bond motifs is 1. The van der Waals surface area contributed by atoms with Crippen molar-refractivity contribution in [1.29, 1.82) is 0 Å². The number of halogens is 1. The highest BCUT2D eigenvalue weighted by atomic mass is 35.5. The molecular formula is C24H20ClN3O3. The Morgan fingerprint density at radius 3 is 2.58 bits per heavy atom. The molecule has 0 fully saturated rings. The van der Waals surface area contributed by atoms with E-state index >= 15 is 0 Å². The van der Waals surface area contributed by atoms with Crippen molar-refractivity contribution in [3.63, 3.8) is 0 Å². The minimum absolute atomic E-state index is 0.263. The third-order valence-corrected chi connectivity index (χ3v) is 5.61. The summed E-state index contributed by atoms with van der Waals surface area (Å²) in [5, 5.41) is 3.42. The molecule has 4 rings (SSSR count). The minimum Gasteiger partial charge on any atom is -0.348 e. The summed E-state index contributed by atoms with van der Waals surface area (Å²) in [5.74, 6) is -1.68. The van der Waals surface area contributed by atoms with Gasteiger partial charge in [-0.3, -0.25) is 19.4 Å². The third kappa shape index (κ3) is 4.34. The van der Waals surface area contributed by atoms with Crippen LogP contribution in [0.25, 0.3) is 0 Å². The molecule has 0 spiro atoms. The van der Waals surface area contributed by atoms with Crippen molar-refractivity contribution < 1.29 is 14.4 Å².